The Kier molecular flexibility index (Phi) is 5.83. The summed E-state index contributed by atoms with van der Waals surface area (Å²) >= 11 is 0. The molecule has 6 aromatic carbocycles. The minimum Gasteiger partial charge on any atom is -0.309 e. The van der Waals surface area contributed by atoms with Gasteiger partial charge in [0.05, 0.1) is 16.4 Å². The van der Waals surface area contributed by atoms with Gasteiger partial charge < -0.3 is 4.57 Å². The number of aryl methyl sites for hydroxylation is 1. The molecule has 0 saturated heterocycles. The van der Waals surface area contributed by atoms with Gasteiger partial charge >= 0.3 is 0 Å². The minimum atomic E-state index is -0.310. The maximum Gasteiger partial charge on any atom is 0.0676 e. The van der Waals surface area contributed by atoms with Crippen molar-refractivity contribution in [2.24, 2.45) is 0 Å². The van der Waals surface area contributed by atoms with Gasteiger partial charge in [0, 0.05) is 16.5 Å². The molecule has 0 unspecified atom stereocenters. The number of hydrogen-bond donors (Lipinski definition) is 0. The third kappa shape index (κ3) is 3.80. The van der Waals surface area contributed by atoms with Crippen LogP contribution in [0.2, 0.25) is 0 Å². The molecule has 1 aromatic heterocycles. The summed E-state index contributed by atoms with van der Waals surface area (Å²) in [4.78, 5) is 0. The summed E-state index contributed by atoms with van der Waals surface area (Å²) in [6.07, 6.45) is 6.86. The Labute approximate surface area is 264 Å². The zero-order valence-electron chi connectivity index (χ0n) is 25.4. The molecule has 2 aliphatic carbocycles. The number of hydrogen-bond acceptors (Lipinski definition) is 0. The van der Waals surface area contributed by atoms with Crippen molar-refractivity contribution in [3.63, 3.8) is 0 Å². The van der Waals surface area contributed by atoms with E-state index >= 15 is 0 Å². The highest BCUT2D eigenvalue weighted by atomic mass is 15.0. The first-order chi connectivity index (χ1) is 22.2. The molecule has 1 heteroatoms. The number of rotatable bonds is 4. The lowest BCUT2D eigenvalue weighted by molar-refractivity contribution is 0.696. The summed E-state index contributed by atoms with van der Waals surface area (Å²) in [5.74, 6) is 0. The van der Waals surface area contributed by atoms with Gasteiger partial charge in [-0.1, -0.05) is 139 Å². The van der Waals surface area contributed by atoms with Gasteiger partial charge in [0.15, 0.2) is 0 Å². The van der Waals surface area contributed by atoms with E-state index in [9.17, 15) is 0 Å². The van der Waals surface area contributed by atoms with Crippen molar-refractivity contribution < 1.29 is 0 Å². The summed E-state index contributed by atoms with van der Waals surface area (Å²) in [6, 6.07) is 54.1. The number of aromatic nitrogens is 1. The molecular weight excluding hydrogens is 542 g/mol. The van der Waals surface area contributed by atoms with Gasteiger partial charge in [0.25, 0.3) is 0 Å². The Hall–Kier alpha value is -5.40. The molecule has 214 valence electrons. The predicted molar refractivity (Wildman–Crippen MR) is 189 cm³/mol. The van der Waals surface area contributed by atoms with Crippen LogP contribution in [0, 0.1) is 6.92 Å². The van der Waals surface area contributed by atoms with E-state index in [-0.39, 0.29) is 5.41 Å². The Morgan fingerprint density at radius 2 is 1.29 bits per heavy atom. The van der Waals surface area contributed by atoms with E-state index in [4.69, 9.17) is 0 Å². The number of para-hydroxylation sites is 1. The molecule has 2 aliphatic rings. The number of nitrogens with zero attached hydrogens (tertiary/aromatic N) is 1. The quantitative estimate of drug-likeness (QED) is 0.197. The lowest BCUT2D eigenvalue weighted by atomic mass is 9.65. The second kappa shape index (κ2) is 10.1. The van der Waals surface area contributed by atoms with Gasteiger partial charge in [0.1, 0.15) is 0 Å². The summed E-state index contributed by atoms with van der Waals surface area (Å²) in [7, 11) is 0. The second-order valence-corrected chi connectivity index (χ2v) is 12.5. The van der Waals surface area contributed by atoms with E-state index in [0.29, 0.717) is 0 Å². The molecule has 1 heterocycles. The molecule has 0 saturated carbocycles. The molecular formula is C44H33N. The van der Waals surface area contributed by atoms with E-state index in [1.54, 1.807) is 0 Å². The van der Waals surface area contributed by atoms with Crippen LogP contribution in [0.25, 0.3) is 44.2 Å². The van der Waals surface area contributed by atoms with Crippen LogP contribution >= 0.6 is 0 Å². The average molecular weight is 576 g/mol. The molecule has 9 rings (SSSR count). The van der Waals surface area contributed by atoms with E-state index < -0.39 is 0 Å². The van der Waals surface area contributed by atoms with Crippen molar-refractivity contribution in [3.05, 3.63) is 191 Å². The molecule has 0 aliphatic heterocycles. The Balaban J connectivity index is 1.33. The van der Waals surface area contributed by atoms with Crippen molar-refractivity contribution >= 4 is 27.4 Å². The SMILES string of the molecule is Cc1cccc(-c2ccc3c4ccccc4n(-c4ccc5c(c4)C4=C(CCC=C4)C5(c4ccccc4)c4ccccc4)c3c2)c1. The first-order valence-corrected chi connectivity index (χ1v) is 16.0. The summed E-state index contributed by atoms with van der Waals surface area (Å²) in [5.41, 5.74) is 15.4. The van der Waals surface area contributed by atoms with E-state index in [0.717, 1.165) is 12.8 Å². The first-order valence-electron chi connectivity index (χ1n) is 16.0. The fourth-order valence-electron chi connectivity index (χ4n) is 8.15. The maximum atomic E-state index is 2.47. The molecule has 0 bridgehead atoms. The number of allylic oxidation sites excluding steroid dienone is 4. The van der Waals surface area contributed by atoms with Gasteiger partial charge in [-0.2, -0.15) is 0 Å². The van der Waals surface area contributed by atoms with Gasteiger partial charge in [-0.3, -0.25) is 0 Å². The molecule has 45 heavy (non-hydrogen) atoms. The summed E-state index contributed by atoms with van der Waals surface area (Å²) < 4.78 is 2.47. The Bertz CT molecular complexity index is 2280. The van der Waals surface area contributed by atoms with Crippen molar-refractivity contribution in [2.75, 3.05) is 0 Å². The van der Waals surface area contributed by atoms with Gasteiger partial charge in [-0.25, -0.2) is 0 Å². The monoisotopic (exact) mass is 575 g/mol. The molecule has 7 aromatic rings. The maximum absolute atomic E-state index is 2.47. The molecule has 1 nitrogen and oxygen atoms in total. The topological polar surface area (TPSA) is 4.93 Å². The van der Waals surface area contributed by atoms with Crippen molar-refractivity contribution in [1.29, 1.82) is 0 Å². The van der Waals surface area contributed by atoms with Crippen LogP contribution in [0.15, 0.2) is 163 Å². The molecule has 0 atom stereocenters. The zero-order valence-corrected chi connectivity index (χ0v) is 25.4. The largest absolute Gasteiger partial charge is 0.309 e. The average Bonchev–Trinajstić information content (AvgIpc) is 3.59. The molecule has 0 spiro atoms. The van der Waals surface area contributed by atoms with Crippen LogP contribution in [0.5, 0.6) is 0 Å². The van der Waals surface area contributed by atoms with Crippen molar-refractivity contribution in [3.8, 4) is 16.8 Å². The normalized spacial score (nSPS) is 15.0. The summed E-state index contributed by atoms with van der Waals surface area (Å²) in [6.45, 7) is 2.16. The third-order valence-electron chi connectivity index (χ3n) is 10.0. The second-order valence-electron chi connectivity index (χ2n) is 12.5. The van der Waals surface area contributed by atoms with Crippen LogP contribution in [0.4, 0.5) is 0 Å². The van der Waals surface area contributed by atoms with Crippen LogP contribution in [0.3, 0.4) is 0 Å². The highest BCUT2D eigenvalue weighted by Gasteiger charge is 2.47. The van der Waals surface area contributed by atoms with Gasteiger partial charge in [-0.15, -0.1) is 0 Å². The van der Waals surface area contributed by atoms with E-state index in [1.165, 1.54) is 77.6 Å². The number of fused-ring (bicyclic) bond motifs is 5. The standard InChI is InChI=1S/C44H33N/c1-30-13-12-14-31(27-30)32-23-25-38-37-20-9-11-22-42(37)45(43(38)28-32)35-24-26-41-39(29-35)36-19-8-10-21-40(36)44(41,33-15-4-2-5-16-33)34-17-6-3-7-18-34/h2-9,11-20,22-29H,10,21H2,1H3. The first kappa shape index (κ1) is 26.0. The van der Waals surface area contributed by atoms with Crippen LogP contribution in [-0.4, -0.2) is 4.57 Å². The van der Waals surface area contributed by atoms with Crippen molar-refractivity contribution in [1.82, 2.24) is 4.57 Å². The lowest BCUT2D eigenvalue weighted by Gasteiger charge is -2.36. The Morgan fingerprint density at radius 1 is 0.578 bits per heavy atom. The predicted octanol–water partition coefficient (Wildman–Crippen LogP) is 11.2. The molecule has 0 amide bonds. The third-order valence-corrected chi connectivity index (χ3v) is 10.0. The smallest absolute Gasteiger partial charge is 0.0676 e. The van der Waals surface area contributed by atoms with Crippen LogP contribution < -0.4 is 0 Å². The molecule has 0 N–H and O–H groups in total. The van der Waals surface area contributed by atoms with Crippen LogP contribution in [0.1, 0.15) is 40.7 Å². The van der Waals surface area contributed by atoms with E-state index in [1.807, 2.05) is 0 Å². The molecule has 0 fully saturated rings. The fourth-order valence-corrected chi connectivity index (χ4v) is 8.15. The zero-order chi connectivity index (χ0) is 30.0. The highest BCUT2D eigenvalue weighted by Crippen LogP contribution is 2.57. The van der Waals surface area contributed by atoms with Crippen molar-refractivity contribution in [2.45, 2.75) is 25.2 Å². The van der Waals surface area contributed by atoms with E-state index in [2.05, 4.69) is 169 Å². The summed E-state index contributed by atoms with van der Waals surface area (Å²) in [5, 5.41) is 2.56. The lowest BCUT2D eigenvalue weighted by Crippen LogP contribution is -2.30. The fraction of sp³-hybridized carbons (Fsp3) is 0.0909. The van der Waals surface area contributed by atoms with Gasteiger partial charge in [0.2, 0.25) is 0 Å². The molecule has 0 radical (unpaired) electrons. The minimum absolute atomic E-state index is 0.310. The number of benzene rings is 6. The van der Waals surface area contributed by atoms with Gasteiger partial charge in [-0.05, 0) is 88.6 Å². The van der Waals surface area contributed by atoms with Crippen LogP contribution in [-0.2, 0) is 5.41 Å². The Morgan fingerprint density at radius 3 is 2.07 bits per heavy atom. The highest BCUT2D eigenvalue weighted by molar-refractivity contribution is 6.10.